The predicted molar refractivity (Wildman–Crippen MR) is 51.5 cm³/mol. The van der Waals surface area contributed by atoms with Gasteiger partial charge in [0.15, 0.2) is 6.21 Å². The van der Waals surface area contributed by atoms with Crippen molar-refractivity contribution in [3.63, 3.8) is 0 Å². The minimum atomic E-state index is -3.25. The summed E-state index contributed by atoms with van der Waals surface area (Å²) in [6, 6.07) is 0. The SMILES string of the molecule is CC1(P2(=O)OCCCO2)CCC=[N+]1[O-]. The van der Waals surface area contributed by atoms with Crippen molar-refractivity contribution in [2.45, 2.75) is 31.5 Å². The highest BCUT2D eigenvalue weighted by atomic mass is 31.2. The first-order valence-electron chi connectivity index (χ1n) is 4.77. The van der Waals surface area contributed by atoms with Gasteiger partial charge in [-0.15, -0.1) is 0 Å². The van der Waals surface area contributed by atoms with Gasteiger partial charge in [0.05, 0.1) is 13.2 Å². The van der Waals surface area contributed by atoms with Crippen LogP contribution in [0.15, 0.2) is 0 Å². The minimum absolute atomic E-state index is 0.417. The number of rotatable bonds is 1. The van der Waals surface area contributed by atoms with Crippen molar-refractivity contribution in [2.24, 2.45) is 0 Å². The van der Waals surface area contributed by atoms with Gasteiger partial charge in [0.2, 0.25) is 0 Å². The third-order valence-corrected chi connectivity index (χ3v) is 5.43. The molecule has 1 fully saturated rings. The van der Waals surface area contributed by atoms with E-state index in [0.29, 0.717) is 26.1 Å². The lowest BCUT2D eigenvalue weighted by Gasteiger charge is -2.33. The molecule has 0 saturated carbocycles. The van der Waals surface area contributed by atoms with Gasteiger partial charge in [-0.25, -0.2) is 0 Å². The van der Waals surface area contributed by atoms with Crippen molar-refractivity contribution in [2.75, 3.05) is 13.2 Å². The van der Waals surface area contributed by atoms with Gasteiger partial charge in [-0.2, -0.15) is 4.74 Å². The molecular weight excluding hydrogens is 205 g/mol. The highest BCUT2D eigenvalue weighted by molar-refractivity contribution is 7.55. The Morgan fingerprint density at radius 2 is 2.14 bits per heavy atom. The molecule has 80 valence electrons. The van der Waals surface area contributed by atoms with E-state index in [0.717, 1.165) is 11.2 Å². The van der Waals surface area contributed by atoms with E-state index in [-0.39, 0.29) is 0 Å². The van der Waals surface area contributed by atoms with Gasteiger partial charge in [-0.1, -0.05) is 0 Å². The molecule has 2 aliphatic heterocycles. The van der Waals surface area contributed by atoms with Crippen LogP contribution in [0.1, 0.15) is 26.2 Å². The summed E-state index contributed by atoms with van der Waals surface area (Å²) >= 11 is 0. The molecule has 2 rings (SSSR count). The third kappa shape index (κ3) is 1.31. The maximum absolute atomic E-state index is 12.3. The lowest BCUT2D eigenvalue weighted by molar-refractivity contribution is -0.507. The lowest BCUT2D eigenvalue weighted by Crippen LogP contribution is -2.35. The minimum Gasteiger partial charge on any atom is -0.623 e. The van der Waals surface area contributed by atoms with E-state index in [2.05, 4.69) is 0 Å². The Morgan fingerprint density at radius 1 is 1.50 bits per heavy atom. The van der Waals surface area contributed by atoms with Crippen LogP contribution in [0.25, 0.3) is 0 Å². The highest BCUT2D eigenvalue weighted by Crippen LogP contribution is 2.64. The Balaban J connectivity index is 2.28. The molecule has 0 radical (unpaired) electrons. The summed E-state index contributed by atoms with van der Waals surface area (Å²) in [5.74, 6) is 0. The molecule has 6 heteroatoms. The van der Waals surface area contributed by atoms with E-state index < -0.39 is 12.9 Å². The Kier molecular flexibility index (Phi) is 2.41. The number of hydrogen-bond donors (Lipinski definition) is 0. The third-order valence-electron chi connectivity index (χ3n) is 2.79. The highest BCUT2D eigenvalue weighted by Gasteiger charge is 2.57. The Labute approximate surface area is 82.8 Å². The normalized spacial score (nSPS) is 36.8. The second kappa shape index (κ2) is 3.33. The van der Waals surface area contributed by atoms with Gasteiger partial charge in [-0.05, 0) is 6.42 Å². The summed E-state index contributed by atoms with van der Waals surface area (Å²) in [5, 5.41) is 10.5. The molecule has 0 aromatic carbocycles. The van der Waals surface area contributed by atoms with Crippen LogP contribution >= 0.6 is 7.60 Å². The van der Waals surface area contributed by atoms with Crippen molar-refractivity contribution in [1.82, 2.24) is 0 Å². The zero-order valence-corrected chi connectivity index (χ0v) is 9.03. The lowest BCUT2D eigenvalue weighted by atomic mass is 10.2. The zero-order valence-electron chi connectivity index (χ0n) is 8.14. The molecule has 1 unspecified atom stereocenters. The van der Waals surface area contributed by atoms with Crippen LogP contribution in [0.4, 0.5) is 0 Å². The number of hydroxylamine groups is 1. The molecule has 0 amide bonds. The summed E-state index contributed by atoms with van der Waals surface area (Å²) in [6.45, 7) is 2.48. The Hall–Kier alpha value is -0.380. The van der Waals surface area contributed by atoms with Crippen LogP contribution in [0, 0.1) is 5.21 Å². The van der Waals surface area contributed by atoms with Crippen LogP contribution in [0.2, 0.25) is 0 Å². The van der Waals surface area contributed by atoms with Gasteiger partial charge >= 0.3 is 7.60 Å². The molecule has 1 atom stereocenters. The van der Waals surface area contributed by atoms with Crippen LogP contribution < -0.4 is 0 Å². The van der Waals surface area contributed by atoms with Crippen molar-refractivity contribution >= 4 is 13.8 Å². The molecule has 0 aliphatic carbocycles. The molecule has 2 heterocycles. The second-order valence-corrected chi connectivity index (χ2v) is 6.26. The van der Waals surface area contributed by atoms with Gasteiger partial charge in [0, 0.05) is 19.8 Å². The average Bonchev–Trinajstić information content (AvgIpc) is 2.50. The number of nitrogens with zero attached hydrogens (tertiary/aromatic N) is 1. The van der Waals surface area contributed by atoms with E-state index >= 15 is 0 Å². The largest absolute Gasteiger partial charge is 0.623 e. The summed E-state index contributed by atoms with van der Waals surface area (Å²) in [6.07, 6.45) is 3.41. The first-order valence-corrected chi connectivity index (χ1v) is 6.32. The fourth-order valence-electron chi connectivity index (χ4n) is 1.76. The summed E-state index contributed by atoms with van der Waals surface area (Å²) in [4.78, 5) is 0. The first kappa shape index (κ1) is 10.1. The fraction of sp³-hybridized carbons (Fsp3) is 0.875. The van der Waals surface area contributed by atoms with Crippen LogP contribution in [0.5, 0.6) is 0 Å². The summed E-state index contributed by atoms with van der Waals surface area (Å²) < 4.78 is 23.4. The maximum atomic E-state index is 12.3. The predicted octanol–water partition coefficient (Wildman–Crippen LogP) is 1.71. The van der Waals surface area contributed by atoms with Crippen LogP contribution in [0.3, 0.4) is 0 Å². The molecule has 2 aliphatic rings. The molecular formula is C8H14NO4P. The topological polar surface area (TPSA) is 61.6 Å². The van der Waals surface area contributed by atoms with Gasteiger partial charge in [0.1, 0.15) is 0 Å². The van der Waals surface area contributed by atoms with Crippen LogP contribution in [-0.4, -0.2) is 29.4 Å². The smallest absolute Gasteiger partial charge is 0.401 e. The monoisotopic (exact) mass is 219 g/mol. The molecule has 5 nitrogen and oxygen atoms in total. The molecule has 0 aromatic heterocycles. The van der Waals surface area contributed by atoms with Gasteiger partial charge < -0.3 is 14.3 Å². The molecule has 0 N–H and O–H groups in total. The van der Waals surface area contributed by atoms with E-state index in [9.17, 15) is 9.77 Å². The maximum Gasteiger partial charge on any atom is 0.401 e. The molecule has 0 aromatic rings. The Morgan fingerprint density at radius 3 is 2.64 bits per heavy atom. The fourth-order valence-corrected chi connectivity index (χ4v) is 3.86. The first-order chi connectivity index (χ1) is 6.58. The summed E-state index contributed by atoms with van der Waals surface area (Å²) in [5.41, 5.74) is 0. The van der Waals surface area contributed by atoms with E-state index in [1.807, 2.05) is 0 Å². The quantitative estimate of drug-likeness (QED) is 0.382. The van der Waals surface area contributed by atoms with Crippen molar-refractivity contribution < 1.29 is 18.4 Å². The summed E-state index contributed by atoms with van der Waals surface area (Å²) in [7, 11) is -3.25. The van der Waals surface area contributed by atoms with Crippen molar-refractivity contribution in [3.8, 4) is 0 Å². The van der Waals surface area contributed by atoms with Gasteiger partial charge in [-0.3, -0.25) is 4.57 Å². The second-order valence-electron chi connectivity index (χ2n) is 3.78. The number of hydrogen-bond acceptors (Lipinski definition) is 4. The van der Waals surface area contributed by atoms with Crippen molar-refractivity contribution in [3.05, 3.63) is 5.21 Å². The standard InChI is InChI=1S/C8H14NO4P/c1-8(4-2-5-9(8)10)14(11)12-6-3-7-13-14/h5H,2-4,6-7H2,1H3. The van der Waals surface area contributed by atoms with Crippen LogP contribution in [-0.2, 0) is 13.6 Å². The molecule has 1 saturated heterocycles. The Bertz CT molecular complexity index is 306. The van der Waals surface area contributed by atoms with Crippen molar-refractivity contribution in [1.29, 1.82) is 0 Å². The zero-order chi connectivity index (χ0) is 10.2. The van der Waals surface area contributed by atoms with Gasteiger partial charge in [0.25, 0.3) is 5.28 Å². The molecule has 14 heavy (non-hydrogen) atoms. The van der Waals surface area contributed by atoms with E-state index in [1.54, 1.807) is 6.92 Å². The molecule has 0 spiro atoms. The van der Waals surface area contributed by atoms with E-state index in [4.69, 9.17) is 9.05 Å². The average molecular weight is 219 g/mol. The molecule has 0 bridgehead atoms. The van der Waals surface area contributed by atoms with E-state index in [1.165, 1.54) is 6.21 Å².